The monoisotopic (exact) mass is 1110 g/mol. The van der Waals surface area contributed by atoms with E-state index in [0.717, 1.165) is 67.5 Å². The zero-order valence-electron chi connectivity index (χ0n) is 47.1. The highest BCUT2D eigenvalue weighted by Crippen LogP contribution is 2.37. The number of fused-ring (bicyclic) bond motifs is 2. The molecule has 4 aromatic carbocycles. The summed E-state index contributed by atoms with van der Waals surface area (Å²) in [5.74, 6) is 1.48. The zero-order chi connectivity index (χ0) is 55.5. The first-order chi connectivity index (χ1) is 40.5. The van der Waals surface area contributed by atoms with Crippen molar-refractivity contribution in [1.82, 2.24) is 29.4 Å². The third kappa shape index (κ3) is 13.5. The van der Waals surface area contributed by atoms with E-state index < -0.39 is 18.5 Å². The minimum absolute atomic E-state index is 0.313. The number of aliphatic hydroxyl groups excluding tert-OH is 1. The molecule has 0 spiro atoms. The van der Waals surface area contributed by atoms with Gasteiger partial charge in [0, 0.05) is 99.4 Å². The largest absolute Gasteiger partial charge is 0.441 e. The van der Waals surface area contributed by atoms with Crippen molar-refractivity contribution in [3.63, 3.8) is 0 Å². The fourth-order valence-corrected chi connectivity index (χ4v) is 12.5. The summed E-state index contributed by atoms with van der Waals surface area (Å²) in [5.41, 5.74) is 14.5. The summed E-state index contributed by atoms with van der Waals surface area (Å²) >= 11 is 0. The molecule has 6 aliphatic rings. The average Bonchev–Trinajstić information content (AvgIpc) is 4.39. The number of carbonyl (C=O) groups is 1. The van der Waals surface area contributed by atoms with Gasteiger partial charge in [-0.3, -0.25) is 0 Å². The second kappa shape index (κ2) is 26.9. The van der Waals surface area contributed by atoms with Crippen molar-refractivity contribution < 1.29 is 33.6 Å². The van der Waals surface area contributed by atoms with Crippen molar-refractivity contribution in [2.24, 2.45) is 0 Å². The summed E-state index contributed by atoms with van der Waals surface area (Å²) in [6.45, 7) is 8.15. The molecule has 15 heteroatoms. The molecular weight excluding hydrogens is 1030 g/mol. The SMILES string of the molecule is O=C(OC1COC(c2ccccc2)OC1)N1CCN(c2ccnn3cc(-c4ccc(C5CCCCC5)cc4)cc23)CC1.OC1COC(c2ccccc2)OC1.c1cc(N2CCNCC2)c2cc(-c3ccc(C4CCCCC4)cc3)cn2n1. The quantitative estimate of drug-likeness (QED) is 0.142. The molecule has 8 heterocycles. The minimum Gasteiger partial charge on any atom is -0.441 e. The third-order valence-electron chi connectivity index (χ3n) is 17.1. The molecule has 2 saturated carbocycles. The van der Waals surface area contributed by atoms with Gasteiger partial charge in [-0.25, -0.2) is 13.8 Å². The van der Waals surface area contributed by atoms with E-state index in [1.54, 1.807) is 4.90 Å². The predicted molar refractivity (Wildman–Crippen MR) is 320 cm³/mol. The van der Waals surface area contributed by atoms with Crippen LogP contribution in [0.5, 0.6) is 0 Å². The highest BCUT2D eigenvalue weighted by atomic mass is 16.7. The first-order valence-electron chi connectivity index (χ1n) is 30.0. The summed E-state index contributed by atoms with van der Waals surface area (Å²) in [6.07, 6.45) is 19.7. The van der Waals surface area contributed by atoms with Crippen LogP contribution in [-0.4, -0.2) is 126 Å². The van der Waals surface area contributed by atoms with E-state index in [-0.39, 0.29) is 12.4 Å². The van der Waals surface area contributed by atoms with Crippen LogP contribution in [0.1, 0.15) is 111 Å². The van der Waals surface area contributed by atoms with E-state index in [1.165, 1.54) is 109 Å². The summed E-state index contributed by atoms with van der Waals surface area (Å²) in [6, 6.07) is 46.7. The standard InChI is InChI=1S/C34H38N4O4.C23H28N4.C10H12O3/c39-34(42-30-23-40-33(41-24-30)28-9-5-2-6-10-28)37-19-17-36(18-20-37)31-15-16-35-38-22-29(21-32(31)38)27-13-11-26(12-14-27)25-7-3-1-4-8-25;1-2-4-18(5-3-1)19-6-8-20(9-7-19)21-16-23-22(10-11-25-27(23)17-21)26-14-12-24-13-15-26;11-9-6-12-10(13-7-9)8-4-2-1-3-5-8/h2,5-6,9-16,21-22,25,30,33H,1,3-4,7-8,17-20,23-24H2;6-11,16-18,24H,1-5,12-15H2;1-5,9-11H,6-7H2. The molecule has 1 amide bonds. The summed E-state index contributed by atoms with van der Waals surface area (Å²) in [7, 11) is 0. The Hall–Kier alpha value is -7.11. The van der Waals surface area contributed by atoms with E-state index >= 15 is 0 Å². The van der Waals surface area contributed by atoms with Gasteiger partial charge >= 0.3 is 6.09 Å². The molecular formula is C67H78N8O7. The number of anilines is 2. The Morgan fingerprint density at radius 2 is 0.927 bits per heavy atom. The van der Waals surface area contributed by atoms with Gasteiger partial charge in [0.15, 0.2) is 18.7 Å². The van der Waals surface area contributed by atoms with Crippen LogP contribution in [0, 0.1) is 0 Å². The Morgan fingerprint density at radius 3 is 1.39 bits per heavy atom. The Kier molecular flexibility index (Phi) is 18.2. The number of aromatic nitrogens is 4. The third-order valence-corrected chi connectivity index (χ3v) is 17.1. The van der Waals surface area contributed by atoms with E-state index in [2.05, 4.69) is 111 Å². The second-order valence-corrected chi connectivity index (χ2v) is 22.7. The fraction of sp³-hybridized carbons (Fsp3) is 0.418. The Labute approximate surface area is 481 Å². The number of piperazine rings is 2. The predicted octanol–water partition coefficient (Wildman–Crippen LogP) is 12.0. The molecule has 15 nitrogen and oxygen atoms in total. The molecule has 4 saturated heterocycles. The molecule has 0 radical (unpaired) electrons. The molecule has 4 aromatic heterocycles. The average molecular weight is 1110 g/mol. The number of benzene rings is 4. The van der Waals surface area contributed by atoms with Crippen LogP contribution >= 0.6 is 0 Å². The smallest absolute Gasteiger partial charge is 0.410 e. The maximum atomic E-state index is 12.9. The maximum Gasteiger partial charge on any atom is 0.410 e. The van der Waals surface area contributed by atoms with Crippen LogP contribution in [0.3, 0.4) is 0 Å². The lowest BCUT2D eigenvalue weighted by atomic mass is 9.84. The number of aliphatic hydroxyl groups is 1. The van der Waals surface area contributed by atoms with Crippen molar-refractivity contribution in [3.05, 3.63) is 181 Å². The van der Waals surface area contributed by atoms with Gasteiger partial charge in [-0.15, -0.1) is 0 Å². The van der Waals surface area contributed by atoms with Gasteiger partial charge in [0.25, 0.3) is 0 Å². The molecule has 82 heavy (non-hydrogen) atoms. The lowest BCUT2D eigenvalue weighted by Crippen LogP contribution is -2.50. The molecule has 6 fully saturated rings. The number of hydrogen-bond acceptors (Lipinski definition) is 12. The van der Waals surface area contributed by atoms with Gasteiger partial charge in [0.05, 0.1) is 48.8 Å². The van der Waals surface area contributed by atoms with Crippen molar-refractivity contribution >= 4 is 28.5 Å². The maximum absolute atomic E-state index is 12.9. The number of nitrogens with one attached hydrogen (secondary N) is 1. The Bertz CT molecular complexity index is 3260. The van der Waals surface area contributed by atoms with Crippen molar-refractivity contribution in [2.75, 3.05) is 88.6 Å². The summed E-state index contributed by atoms with van der Waals surface area (Å²) in [4.78, 5) is 19.5. The van der Waals surface area contributed by atoms with Crippen LogP contribution in [0.25, 0.3) is 33.3 Å². The van der Waals surface area contributed by atoms with E-state index in [0.29, 0.717) is 45.4 Å². The topological polar surface area (TPSA) is 140 Å². The lowest BCUT2D eigenvalue weighted by molar-refractivity contribution is -0.221. The van der Waals surface area contributed by atoms with Crippen molar-refractivity contribution in [3.8, 4) is 22.3 Å². The Morgan fingerprint density at radius 1 is 0.488 bits per heavy atom. The van der Waals surface area contributed by atoms with E-state index in [1.807, 2.05) is 82.1 Å². The van der Waals surface area contributed by atoms with Gasteiger partial charge in [-0.2, -0.15) is 10.2 Å². The molecule has 2 aliphatic carbocycles. The first kappa shape index (κ1) is 55.4. The molecule has 0 bridgehead atoms. The molecule has 0 unspecified atom stereocenters. The van der Waals surface area contributed by atoms with Crippen LogP contribution in [0.4, 0.5) is 16.2 Å². The fourth-order valence-electron chi connectivity index (χ4n) is 12.5. The highest BCUT2D eigenvalue weighted by molar-refractivity contribution is 5.81. The van der Waals surface area contributed by atoms with Crippen molar-refractivity contribution in [1.29, 1.82) is 0 Å². The van der Waals surface area contributed by atoms with Crippen LogP contribution in [0.15, 0.2) is 158 Å². The van der Waals surface area contributed by atoms with Gasteiger partial charge in [0.1, 0.15) is 6.10 Å². The van der Waals surface area contributed by atoms with Crippen molar-refractivity contribution in [2.45, 2.75) is 101 Å². The highest BCUT2D eigenvalue weighted by Gasteiger charge is 2.30. The van der Waals surface area contributed by atoms with Gasteiger partial charge < -0.3 is 48.8 Å². The number of rotatable bonds is 9. The number of carbonyl (C=O) groups excluding carboxylic acids is 1. The van der Waals surface area contributed by atoms with E-state index in [9.17, 15) is 4.79 Å². The summed E-state index contributed by atoms with van der Waals surface area (Å²) in [5, 5.41) is 21.7. The van der Waals surface area contributed by atoms with Crippen LogP contribution in [-0.2, 0) is 23.7 Å². The number of ether oxygens (including phenoxy) is 5. The lowest BCUT2D eigenvalue weighted by Gasteiger charge is -2.37. The van der Waals surface area contributed by atoms with Crippen LogP contribution in [0.2, 0.25) is 0 Å². The minimum atomic E-state index is -0.486. The van der Waals surface area contributed by atoms with Gasteiger partial charge in [0.2, 0.25) is 0 Å². The molecule has 8 aromatic rings. The second-order valence-electron chi connectivity index (χ2n) is 22.7. The molecule has 4 aliphatic heterocycles. The number of nitrogens with zero attached hydrogens (tertiary/aromatic N) is 7. The first-order valence-corrected chi connectivity index (χ1v) is 30.0. The van der Waals surface area contributed by atoms with Gasteiger partial charge in [-0.1, -0.05) is 148 Å². The normalized spacial score (nSPS) is 22.0. The van der Waals surface area contributed by atoms with Gasteiger partial charge in [-0.05, 0) is 84.0 Å². The molecule has 2 N–H and O–H groups in total. The number of amides is 1. The molecule has 0 atom stereocenters. The van der Waals surface area contributed by atoms with E-state index in [4.69, 9.17) is 28.8 Å². The zero-order valence-corrected chi connectivity index (χ0v) is 47.1. The molecule has 14 rings (SSSR count). The number of hydrogen-bond donors (Lipinski definition) is 2. The van der Waals surface area contributed by atoms with Crippen LogP contribution < -0.4 is 15.1 Å². The summed E-state index contributed by atoms with van der Waals surface area (Å²) < 4.78 is 32.0. The Balaban J connectivity index is 0.000000141. The molecule has 428 valence electrons.